The van der Waals surface area contributed by atoms with Crippen LogP contribution in [0.5, 0.6) is 5.75 Å². The number of likely N-dealkylation sites (tertiary alicyclic amines) is 1. The summed E-state index contributed by atoms with van der Waals surface area (Å²) < 4.78 is 7.27. The van der Waals surface area contributed by atoms with Crippen LogP contribution >= 0.6 is 0 Å². The number of ether oxygens (including phenoxy) is 1. The molecular formula is C22H27N5O2. The van der Waals surface area contributed by atoms with E-state index in [0.717, 1.165) is 48.5 Å². The third-order valence-electron chi connectivity index (χ3n) is 5.43. The number of amides is 1. The van der Waals surface area contributed by atoms with Crippen LogP contribution in [0.15, 0.2) is 42.6 Å². The first-order valence-corrected chi connectivity index (χ1v) is 10.0. The predicted molar refractivity (Wildman–Crippen MR) is 112 cm³/mol. The molecule has 1 saturated heterocycles. The molecule has 3 heterocycles. The fourth-order valence-corrected chi connectivity index (χ4v) is 4.06. The second-order valence-corrected chi connectivity index (χ2v) is 7.54. The minimum Gasteiger partial charge on any atom is -0.497 e. The van der Waals surface area contributed by atoms with Gasteiger partial charge in [-0.1, -0.05) is 12.1 Å². The molecule has 4 rings (SSSR count). The average molecular weight is 393 g/mol. The molecule has 1 unspecified atom stereocenters. The summed E-state index contributed by atoms with van der Waals surface area (Å²) in [6.07, 6.45) is 2.88. The Balaban J connectivity index is 1.49. The first kappa shape index (κ1) is 19.4. The monoisotopic (exact) mass is 393 g/mol. The van der Waals surface area contributed by atoms with Crippen LogP contribution in [-0.4, -0.2) is 52.3 Å². The predicted octanol–water partition coefficient (Wildman–Crippen LogP) is 2.57. The summed E-state index contributed by atoms with van der Waals surface area (Å²) in [6, 6.07) is 12.3. The summed E-state index contributed by atoms with van der Waals surface area (Å²) in [4.78, 5) is 18.2. The number of nitrogens with zero attached hydrogens (tertiary/aromatic N) is 4. The van der Waals surface area contributed by atoms with E-state index in [1.54, 1.807) is 13.3 Å². The van der Waals surface area contributed by atoms with Crippen LogP contribution in [0.2, 0.25) is 0 Å². The van der Waals surface area contributed by atoms with Crippen molar-refractivity contribution in [2.75, 3.05) is 26.7 Å². The Kier molecular flexibility index (Phi) is 5.76. The van der Waals surface area contributed by atoms with Gasteiger partial charge < -0.3 is 10.1 Å². The van der Waals surface area contributed by atoms with E-state index in [4.69, 9.17) is 9.84 Å². The Morgan fingerprint density at radius 3 is 3.03 bits per heavy atom. The van der Waals surface area contributed by atoms with Crippen LogP contribution in [0.3, 0.4) is 0 Å². The van der Waals surface area contributed by atoms with E-state index in [1.807, 2.05) is 22.9 Å². The molecule has 1 aromatic carbocycles. The molecule has 7 heteroatoms. The lowest BCUT2D eigenvalue weighted by atomic mass is 10.0. The molecule has 1 amide bonds. The molecule has 1 aliphatic heterocycles. The van der Waals surface area contributed by atoms with Gasteiger partial charge in [-0.15, -0.1) is 0 Å². The van der Waals surface area contributed by atoms with Crippen molar-refractivity contribution in [3.63, 3.8) is 0 Å². The maximum absolute atomic E-state index is 11.2. The molecule has 2 aromatic heterocycles. The largest absolute Gasteiger partial charge is 0.497 e. The molecule has 0 aliphatic carbocycles. The van der Waals surface area contributed by atoms with E-state index in [-0.39, 0.29) is 5.91 Å². The van der Waals surface area contributed by atoms with Crippen molar-refractivity contribution in [1.29, 1.82) is 0 Å². The van der Waals surface area contributed by atoms with Crippen LogP contribution in [0.25, 0.3) is 11.0 Å². The number of nitrogens with one attached hydrogen (secondary N) is 1. The van der Waals surface area contributed by atoms with Gasteiger partial charge in [-0.3, -0.25) is 9.69 Å². The molecule has 0 radical (unpaired) electrons. The maximum atomic E-state index is 11.2. The minimum atomic E-state index is -0.0291. The molecule has 152 valence electrons. The first-order valence-electron chi connectivity index (χ1n) is 10.0. The second kappa shape index (κ2) is 8.61. The lowest BCUT2D eigenvalue weighted by Crippen LogP contribution is -2.25. The number of rotatable bonds is 7. The number of benzene rings is 1. The number of carbonyl (C=O) groups excluding carboxylic acids is 1. The van der Waals surface area contributed by atoms with Gasteiger partial charge in [-0.05, 0) is 42.8 Å². The molecule has 1 N–H and O–H groups in total. The Bertz CT molecular complexity index is 1000. The van der Waals surface area contributed by atoms with Gasteiger partial charge in [0.05, 0.1) is 19.3 Å². The minimum absolute atomic E-state index is 0.0291. The summed E-state index contributed by atoms with van der Waals surface area (Å²) in [5.41, 5.74) is 3.26. The number of hydrogen-bond acceptors (Lipinski definition) is 5. The molecule has 3 aromatic rings. The number of fused-ring (bicyclic) bond motifs is 1. The zero-order valence-electron chi connectivity index (χ0n) is 17.0. The molecule has 29 heavy (non-hydrogen) atoms. The van der Waals surface area contributed by atoms with Crippen LogP contribution in [-0.2, 0) is 17.9 Å². The van der Waals surface area contributed by atoms with Crippen molar-refractivity contribution in [3.05, 3.63) is 53.9 Å². The molecule has 1 atom stereocenters. The third-order valence-corrected chi connectivity index (χ3v) is 5.43. The van der Waals surface area contributed by atoms with Crippen LogP contribution in [0.4, 0.5) is 0 Å². The molecular weight excluding hydrogens is 366 g/mol. The topological polar surface area (TPSA) is 72.3 Å². The average Bonchev–Trinajstić information content (AvgIpc) is 3.33. The fraction of sp³-hybridized carbons (Fsp3) is 0.409. The number of hydrogen-bond donors (Lipinski definition) is 1. The third kappa shape index (κ3) is 4.40. The number of carbonyl (C=O) groups is 1. The van der Waals surface area contributed by atoms with Crippen molar-refractivity contribution in [2.45, 2.75) is 32.4 Å². The Labute approximate surface area is 170 Å². The standard InChI is InChI=1S/C22H27N5O2/c1-16(28)23-10-12-27-22-20(7-4-9-24-22)21(25-27)18-8-11-26(15-18)14-17-5-3-6-19(13-17)29-2/h3-7,9,13,18H,8,10-12,14-15H2,1-2H3,(H,23,28). The molecule has 0 bridgehead atoms. The number of aromatic nitrogens is 3. The quantitative estimate of drug-likeness (QED) is 0.668. The van der Waals surface area contributed by atoms with Gasteiger partial charge >= 0.3 is 0 Å². The van der Waals surface area contributed by atoms with Crippen molar-refractivity contribution in [1.82, 2.24) is 25.0 Å². The van der Waals surface area contributed by atoms with Gasteiger partial charge in [0.1, 0.15) is 5.75 Å². The second-order valence-electron chi connectivity index (χ2n) is 7.54. The lowest BCUT2D eigenvalue weighted by Gasteiger charge is -2.16. The van der Waals surface area contributed by atoms with Gasteiger partial charge in [0.15, 0.2) is 5.65 Å². The maximum Gasteiger partial charge on any atom is 0.216 e. The summed E-state index contributed by atoms with van der Waals surface area (Å²) in [5, 5.41) is 8.84. The van der Waals surface area contributed by atoms with Crippen molar-refractivity contribution < 1.29 is 9.53 Å². The highest BCUT2D eigenvalue weighted by atomic mass is 16.5. The van der Waals surface area contributed by atoms with Gasteiger partial charge in [0.25, 0.3) is 0 Å². The fourth-order valence-electron chi connectivity index (χ4n) is 4.06. The van der Waals surface area contributed by atoms with Crippen molar-refractivity contribution in [2.24, 2.45) is 0 Å². The van der Waals surface area contributed by atoms with E-state index >= 15 is 0 Å². The van der Waals surface area contributed by atoms with Gasteiger partial charge in [-0.2, -0.15) is 5.10 Å². The summed E-state index contributed by atoms with van der Waals surface area (Å²) in [6.45, 7) is 5.63. The van der Waals surface area contributed by atoms with Gasteiger partial charge in [0.2, 0.25) is 5.91 Å². The summed E-state index contributed by atoms with van der Waals surface area (Å²) in [5.74, 6) is 1.25. The first-order chi connectivity index (χ1) is 14.1. The van der Waals surface area contributed by atoms with E-state index in [9.17, 15) is 4.79 Å². The van der Waals surface area contributed by atoms with Crippen molar-refractivity contribution >= 4 is 16.9 Å². The highest BCUT2D eigenvalue weighted by Gasteiger charge is 2.28. The highest BCUT2D eigenvalue weighted by molar-refractivity contribution is 5.79. The van der Waals surface area contributed by atoms with Gasteiger partial charge in [0, 0.05) is 44.1 Å². The van der Waals surface area contributed by atoms with E-state index in [1.165, 1.54) is 12.5 Å². The molecule has 1 aliphatic rings. The zero-order valence-corrected chi connectivity index (χ0v) is 17.0. The van der Waals surface area contributed by atoms with Crippen LogP contribution in [0.1, 0.15) is 30.5 Å². The highest BCUT2D eigenvalue weighted by Crippen LogP contribution is 2.32. The van der Waals surface area contributed by atoms with Crippen LogP contribution < -0.4 is 10.1 Å². The van der Waals surface area contributed by atoms with Crippen molar-refractivity contribution in [3.8, 4) is 5.75 Å². The Morgan fingerprint density at radius 1 is 1.31 bits per heavy atom. The molecule has 1 fully saturated rings. The SMILES string of the molecule is COc1cccc(CN2CCC(c3nn(CCNC(C)=O)c4ncccc34)C2)c1. The Morgan fingerprint density at radius 2 is 2.21 bits per heavy atom. The van der Waals surface area contributed by atoms with E-state index in [2.05, 4.69) is 33.4 Å². The van der Waals surface area contributed by atoms with Gasteiger partial charge in [-0.25, -0.2) is 9.67 Å². The summed E-state index contributed by atoms with van der Waals surface area (Å²) >= 11 is 0. The van der Waals surface area contributed by atoms with E-state index < -0.39 is 0 Å². The smallest absolute Gasteiger partial charge is 0.216 e. The summed E-state index contributed by atoms with van der Waals surface area (Å²) in [7, 11) is 1.70. The molecule has 0 spiro atoms. The van der Waals surface area contributed by atoms with Crippen LogP contribution in [0, 0.1) is 0 Å². The molecule has 7 nitrogen and oxygen atoms in total. The van der Waals surface area contributed by atoms with E-state index in [0.29, 0.717) is 19.0 Å². The normalized spacial score (nSPS) is 17.0. The number of methoxy groups -OCH3 is 1. The lowest BCUT2D eigenvalue weighted by molar-refractivity contribution is -0.118. The zero-order chi connectivity index (χ0) is 20.2. The Hall–Kier alpha value is -2.93. The molecule has 0 saturated carbocycles. The number of pyridine rings is 1.